The minimum Gasteiger partial charge on any atom is -0.355 e. The van der Waals surface area contributed by atoms with Crippen LogP contribution in [0.25, 0.3) is 0 Å². The van der Waals surface area contributed by atoms with Gasteiger partial charge in [0.05, 0.1) is 22.5 Å². The Bertz CT molecular complexity index is 1180. The Labute approximate surface area is 211 Å². The van der Waals surface area contributed by atoms with E-state index in [4.69, 9.17) is 23.2 Å². The molecule has 0 spiro atoms. The minimum atomic E-state index is -4.76. The molecule has 0 heterocycles. The Morgan fingerprint density at radius 3 is 2.20 bits per heavy atom. The van der Waals surface area contributed by atoms with E-state index in [0.29, 0.717) is 33.6 Å². The van der Waals surface area contributed by atoms with E-state index in [9.17, 15) is 31.2 Å². The van der Waals surface area contributed by atoms with Crippen molar-refractivity contribution in [2.75, 3.05) is 23.7 Å². The van der Waals surface area contributed by atoms with Crippen LogP contribution in [0.1, 0.15) is 25.0 Å². The molecule has 2 aromatic carbocycles. The number of benzene rings is 2. The van der Waals surface area contributed by atoms with Gasteiger partial charge >= 0.3 is 6.18 Å². The number of nitrogens with one attached hydrogen (secondary N) is 1. The predicted octanol–water partition coefficient (Wildman–Crippen LogP) is 4.33. The second-order valence-corrected chi connectivity index (χ2v) is 10.4. The first-order valence-electron chi connectivity index (χ1n) is 10.3. The largest absolute Gasteiger partial charge is 0.416 e. The smallest absolute Gasteiger partial charge is 0.355 e. The fraction of sp³-hybridized carbons (Fsp3) is 0.364. The lowest BCUT2D eigenvalue weighted by molar-refractivity contribution is -0.139. The van der Waals surface area contributed by atoms with Crippen LogP contribution in [0.2, 0.25) is 10.0 Å². The molecule has 0 aliphatic carbocycles. The van der Waals surface area contributed by atoms with Crippen LogP contribution in [0.15, 0.2) is 42.5 Å². The quantitative estimate of drug-likeness (QED) is 0.500. The first kappa shape index (κ1) is 28.7. The van der Waals surface area contributed by atoms with Gasteiger partial charge in [-0.05, 0) is 49.7 Å². The van der Waals surface area contributed by atoms with E-state index < -0.39 is 51.9 Å². The molecule has 1 N–H and O–H groups in total. The standard InChI is InChI=1S/C22H24Cl2F3N3O4S/c1-4-28-21(32)14(2)29(12-15-5-8-17(23)9-6-15)20(31)13-30(35(3,33)34)19-11-16(22(25,26)27)7-10-18(19)24/h5-11,14H,4,12-13H2,1-3H3,(H,28,32)/t14-/m1/s1. The lowest BCUT2D eigenvalue weighted by Crippen LogP contribution is -2.51. The fourth-order valence-electron chi connectivity index (χ4n) is 3.17. The van der Waals surface area contributed by atoms with E-state index in [2.05, 4.69) is 5.32 Å². The zero-order valence-electron chi connectivity index (χ0n) is 19.1. The number of carbonyl (C=O) groups excluding carboxylic acids is 2. The van der Waals surface area contributed by atoms with Gasteiger partial charge in [-0.2, -0.15) is 13.2 Å². The number of amides is 2. The van der Waals surface area contributed by atoms with Gasteiger partial charge in [0.15, 0.2) is 0 Å². The van der Waals surface area contributed by atoms with Crippen molar-refractivity contribution in [1.82, 2.24) is 10.2 Å². The molecule has 0 unspecified atom stereocenters. The molecule has 0 aromatic heterocycles. The van der Waals surface area contributed by atoms with Gasteiger partial charge in [-0.25, -0.2) is 8.42 Å². The van der Waals surface area contributed by atoms with E-state index in [1.165, 1.54) is 6.92 Å². The average molecular weight is 554 g/mol. The molecule has 2 amide bonds. The molecule has 35 heavy (non-hydrogen) atoms. The molecule has 2 rings (SSSR count). The molecule has 0 aliphatic rings. The van der Waals surface area contributed by atoms with Crippen LogP contribution >= 0.6 is 23.2 Å². The Hall–Kier alpha value is -2.50. The molecule has 0 saturated heterocycles. The van der Waals surface area contributed by atoms with Crippen LogP contribution in [0.5, 0.6) is 0 Å². The van der Waals surface area contributed by atoms with Crippen molar-refractivity contribution < 1.29 is 31.2 Å². The molecule has 0 saturated carbocycles. The van der Waals surface area contributed by atoms with Crippen LogP contribution < -0.4 is 9.62 Å². The normalized spacial score (nSPS) is 12.7. The molecule has 7 nitrogen and oxygen atoms in total. The van der Waals surface area contributed by atoms with E-state index >= 15 is 0 Å². The van der Waals surface area contributed by atoms with Crippen molar-refractivity contribution in [1.29, 1.82) is 0 Å². The second-order valence-electron chi connectivity index (χ2n) is 7.65. The first-order valence-corrected chi connectivity index (χ1v) is 12.9. The Morgan fingerprint density at radius 2 is 1.69 bits per heavy atom. The molecule has 1 atom stereocenters. The van der Waals surface area contributed by atoms with Crippen LogP contribution in [-0.2, 0) is 32.3 Å². The van der Waals surface area contributed by atoms with Gasteiger partial charge in [0, 0.05) is 18.1 Å². The summed E-state index contributed by atoms with van der Waals surface area (Å²) in [5, 5.41) is 2.75. The van der Waals surface area contributed by atoms with Gasteiger partial charge < -0.3 is 10.2 Å². The maximum Gasteiger partial charge on any atom is 0.416 e. The molecular weight excluding hydrogens is 530 g/mol. The van der Waals surface area contributed by atoms with Gasteiger partial charge in [-0.15, -0.1) is 0 Å². The number of nitrogens with zero attached hydrogens (tertiary/aromatic N) is 2. The van der Waals surface area contributed by atoms with E-state index in [1.807, 2.05) is 0 Å². The van der Waals surface area contributed by atoms with Gasteiger partial charge in [-0.1, -0.05) is 35.3 Å². The number of anilines is 1. The monoisotopic (exact) mass is 553 g/mol. The number of hydrogen-bond donors (Lipinski definition) is 1. The van der Waals surface area contributed by atoms with Gasteiger partial charge in [0.1, 0.15) is 12.6 Å². The average Bonchev–Trinajstić information content (AvgIpc) is 2.75. The summed E-state index contributed by atoms with van der Waals surface area (Å²) in [5.41, 5.74) is -1.04. The highest BCUT2D eigenvalue weighted by molar-refractivity contribution is 7.92. The van der Waals surface area contributed by atoms with Crippen molar-refractivity contribution in [3.05, 3.63) is 63.6 Å². The lowest BCUT2D eigenvalue weighted by atomic mass is 10.1. The summed E-state index contributed by atoms with van der Waals surface area (Å²) in [6.45, 7) is 2.48. The van der Waals surface area contributed by atoms with Crippen molar-refractivity contribution in [3.63, 3.8) is 0 Å². The molecule has 13 heteroatoms. The molecule has 0 radical (unpaired) electrons. The van der Waals surface area contributed by atoms with Crippen molar-refractivity contribution in [2.45, 2.75) is 32.6 Å². The maximum absolute atomic E-state index is 13.3. The third kappa shape index (κ3) is 7.74. The first-order chi connectivity index (χ1) is 16.1. The zero-order chi connectivity index (χ0) is 26.6. The van der Waals surface area contributed by atoms with Crippen molar-refractivity contribution in [2.24, 2.45) is 0 Å². The predicted molar refractivity (Wildman–Crippen MR) is 129 cm³/mol. The third-order valence-electron chi connectivity index (χ3n) is 5.01. The van der Waals surface area contributed by atoms with E-state index in [-0.39, 0.29) is 11.6 Å². The number of rotatable bonds is 9. The lowest BCUT2D eigenvalue weighted by Gasteiger charge is -2.31. The Morgan fingerprint density at radius 1 is 1.09 bits per heavy atom. The highest BCUT2D eigenvalue weighted by Gasteiger charge is 2.34. The summed E-state index contributed by atoms with van der Waals surface area (Å²) in [6.07, 6.45) is -4.02. The summed E-state index contributed by atoms with van der Waals surface area (Å²) in [7, 11) is -4.25. The number of carbonyl (C=O) groups is 2. The number of sulfonamides is 1. The molecule has 0 aliphatic heterocycles. The van der Waals surface area contributed by atoms with Gasteiger partial charge in [-0.3, -0.25) is 13.9 Å². The summed E-state index contributed by atoms with van der Waals surface area (Å²) in [5.74, 6) is -1.31. The molecule has 0 fully saturated rings. The third-order valence-corrected chi connectivity index (χ3v) is 6.70. The summed E-state index contributed by atoms with van der Waals surface area (Å²) >= 11 is 11.9. The topological polar surface area (TPSA) is 86.8 Å². The van der Waals surface area contributed by atoms with Crippen LogP contribution in [0, 0.1) is 0 Å². The molecule has 0 bridgehead atoms. The van der Waals surface area contributed by atoms with Crippen LogP contribution in [-0.4, -0.2) is 50.5 Å². The summed E-state index contributed by atoms with van der Waals surface area (Å²) < 4.78 is 65.3. The highest BCUT2D eigenvalue weighted by Crippen LogP contribution is 2.36. The maximum atomic E-state index is 13.3. The van der Waals surface area contributed by atoms with Crippen LogP contribution in [0.4, 0.5) is 18.9 Å². The van der Waals surface area contributed by atoms with Gasteiger partial charge in [0.25, 0.3) is 0 Å². The zero-order valence-corrected chi connectivity index (χ0v) is 21.4. The van der Waals surface area contributed by atoms with E-state index in [1.54, 1.807) is 31.2 Å². The Balaban J connectivity index is 2.48. The van der Waals surface area contributed by atoms with Crippen molar-refractivity contribution >= 4 is 50.7 Å². The number of halogens is 5. The SMILES string of the molecule is CCNC(=O)[C@@H](C)N(Cc1ccc(Cl)cc1)C(=O)CN(c1cc(C(F)(F)F)ccc1Cl)S(C)(=O)=O. The second kappa shape index (κ2) is 11.5. The minimum absolute atomic E-state index is 0.0811. The van der Waals surface area contributed by atoms with Crippen molar-refractivity contribution in [3.8, 4) is 0 Å². The molecular formula is C22H24Cl2F3N3O4S. The summed E-state index contributed by atoms with van der Waals surface area (Å²) in [4.78, 5) is 27.0. The fourth-order valence-corrected chi connectivity index (χ4v) is 4.41. The Kier molecular flexibility index (Phi) is 9.43. The molecule has 2 aromatic rings. The number of hydrogen-bond acceptors (Lipinski definition) is 4. The highest BCUT2D eigenvalue weighted by atomic mass is 35.5. The molecule has 192 valence electrons. The van der Waals surface area contributed by atoms with Gasteiger partial charge in [0.2, 0.25) is 21.8 Å². The van der Waals surface area contributed by atoms with E-state index in [0.717, 1.165) is 17.2 Å². The number of alkyl halides is 3. The summed E-state index contributed by atoms with van der Waals surface area (Å²) in [6, 6.07) is 7.59. The van der Waals surface area contributed by atoms with Crippen LogP contribution in [0.3, 0.4) is 0 Å². The number of likely N-dealkylation sites (N-methyl/N-ethyl adjacent to an activating group) is 1.